The Labute approximate surface area is 170 Å². The minimum absolute atomic E-state index is 0.374. The minimum atomic E-state index is -1.38. The van der Waals surface area contributed by atoms with Crippen LogP contribution in [0.5, 0.6) is 0 Å². The largest absolute Gasteiger partial charge is 0.384 e. The molecule has 2 rings (SSSR count). The standard InChI is InChI=1S/C24H36FN3/c1-8-20-12-21(14-23(13-20)24(6,7)25)15-26-18(4)22-10-9-11-28(16-22)19(5)27-17(2)3/h8,12-14,17,22,26-27H,1,4-5,9-11,15-16H2,2-3,6-7H3. The predicted molar refractivity (Wildman–Crippen MR) is 118 cm³/mol. The van der Waals surface area contributed by atoms with Gasteiger partial charge in [0.25, 0.3) is 0 Å². The molecule has 0 aliphatic carbocycles. The Bertz CT molecular complexity index is 715. The first-order valence-electron chi connectivity index (χ1n) is 10.2. The van der Waals surface area contributed by atoms with Crippen molar-refractivity contribution in [3.05, 3.63) is 66.1 Å². The first kappa shape index (κ1) is 22.1. The molecule has 1 saturated heterocycles. The molecule has 1 aliphatic rings. The molecule has 28 heavy (non-hydrogen) atoms. The molecule has 0 amide bonds. The third kappa shape index (κ3) is 6.15. The van der Waals surface area contributed by atoms with Crippen molar-refractivity contribution in [3.63, 3.8) is 0 Å². The van der Waals surface area contributed by atoms with Gasteiger partial charge in [-0.05, 0) is 69.4 Å². The fourth-order valence-electron chi connectivity index (χ4n) is 3.57. The summed E-state index contributed by atoms with van der Waals surface area (Å²) in [7, 11) is 0. The lowest BCUT2D eigenvalue weighted by Gasteiger charge is -2.37. The van der Waals surface area contributed by atoms with Crippen molar-refractivity contribution in [2.24, 2.45) is 5.92 Å². The maximum Gasteiger partial charge on any atom is 0.130 e. The van der Waals surface area contributed by atoms with E-state index >= 15 is 0 Å². The zero-order chi connectivity index (χ0) is 20.9. The topological polar surface area (TPSA) is 27.3 Å². The summed E-state index contributed by atoms with van der Waals surface area (Å²) in [5, 5.41) is 6.87. The highest BCUT2D eigenvalue weighted by molar-refractivity contribution is 5.51. The third-order valence-corrected chi connectivity index (χ3v) is 5.21. The number of likely N-dealkylation sites (tertiary alicyclic amines) is 1. The van der Waals surface area contributed by atoms with Crippen molar-refractivity contribution in [3.8, 4) is 0 Å². The van der Waals surface area contributed by atoms with Crippen LogP contribution in [-0.4, -0.2) is 24.0 Å². The molecule has 1 aromatic rings. The molecule has 1 aromatic carbocycles. The Balaban J connectivity index is 2.00. The Hall–Kier alpha value is -2.23. The van der Waals surface area contributed by atoms with E-state index in [1.54, 1.807) is 19.9 Å². The fourth-order valence-corrected chi connectivity index (χ4v) is 3.57. The average Bonchev–Trinajstić information content (AvgIpc) is 2.64. The second-order valence-electron chi connectivity index (χ2n) is 8.55. The van der Waals surface area contributed by atoms with Gasteiger partial charge in [-0.25, -0.2) is 4.39 Å². The molecule has 4 heteroatoms. The second kappa shape index (κ2) is 9.31. The maximum atomic E-state index is 14.4. The van der Waals surface area contributed by atoms with E-state index in [1.165, 1.54) is 0 Å². The van der Waals surface area contributed by atoms with E-state index in [1.807, 2.05) is 18.2 Å². The third-order valence-electron chi connectivity index (χ3n) is 5.21. The van der Waals surface area contributed by atoms with E-state index in [2.05, 4.69) is 49.1 Å². The van der Waals surface area contributed by atoms with Crippen LogP contribution in [0, 0.1) is 5.92 Å². The van der Waals surface area contributed by atoms with Crippen molar-refractivity contribution in [1.29, 1.82) is 0 Å². The number of nitrogens with zero attached hydrogens (tertiary/aromatic N) is 1. The van der Waals surface area contributed by atoms with Gasteiger partial charge < -0.3 is 15.5 Å². The molecule has 1 heterocycles. The maximum absolute atomic E-state index is 14.4. The van der Waals surface area contributed by atoms with Crippen LogP contribution in [-0.2, 0) is 12.2 Å². The number of nitrogens with one attached hydrogen (secondary N) is 2. The van der Waals surface area contributed by atoms with Gasteiger partial charge in [-0.1, -0.05) is 31.9 Å². The van der Waals surface area contributed by atoms with Gasteiger partial charge in [-0.15, -0.1) is 0 Å². The summed E-state index contributed by atoms with van der Waals surface area (Å²) in [6.45, 7) is 22.3. The monoisotopic (exact) mass is 385 g/mol. The summed E-state index contributed by atoms with van der Waals surface area (Å²) in [4.78, 5) is 2.31. The van der Waals surface area contributed by atoms with Crippen molar-refractivity contribution in [2.75, 3.05) is 13.1 Å². The molecule has 0 aromatic heterocycles. The summed E-state index contributed by atoms with van der Waals surface area (Å²) in [6, 6.07) is 6.21. The molecular formula is C24H36FN3. The fraction of sp³-hybridized carbons (Fsp3) is 0.500. The van der Waals surface area contributed by atoms with Gasteiger partial charge in [0.1, 0.15) is 5.67 Å². The highest BCUT2D eigenvalue weighted by atomic mass is 19.1. The highest BCUT2D eigenvalue weighted by Crippen LogP contribution is 2.28. The Morgan fingerprint density at radius 3 is 2.64 bits per heavy atom. The molecule has 0 radical (unpaired) electrons. The van der Waals surface area contributed by atoms with Gasteiger partial charge in [0.05, 0.1) is 5.82 Å². The molecule has 1 atom stereocenters. The molecule has 0 spiro atoms. The minimum Gasteiger partial charge on any atom is -0.384 e. The molecule has 1 aliphatic heterocycles. The van der Waals surface area contributed by atoms with E-state index in [0.717, 1.165) is 48.6 Å². The first-order valence-corrected chi connectivity index (χ1v) is 10.2. The number of hydrogen-bond donors (Lipinski definition) is 2. The van der Waals surface area contributed by atoms with Gasteiger partial charge in [0.2, 0.25) is 0 Å². The smallest absolute Gasteiger partial charge is 0.130 e. The number of halogens is 1. The molecule has 0 bridgehead atoms. The van der Waals surface area contributed by atoms with Crippen molar-refractivity contribution >= 4 is 6.08 Å². The molecule has 1 unspecified atom stereocenters. The lowest BCUT2D eigenvalue weighted by molar-refractivity contribution is 0.217. The normalized spacial score (nSPS) is 17.4. The van der Waals surface area contributed by atoms with E-state index in [0.29, 0.717) is 24.1 Å². The molecule has 154 valence electrons. The van der Waals surface area contributed by atoms with Gasteiger partial charge >= 0.3 is 0 Å². The van der Waals surface area contributed by atoms with E-state index in [-0.39, 0.29) is 0 Å². The summed E-state index contributed by atoms with van der Waals surface area (Å²) in [5.41, 5.74) is 2.31. The first-order chi connectivity index (χ1) is 13.1. The van der Waals surface area contributed by atoms with Gasteiger partial charge in [-0.2, -0.15) is 0 Å². The summed E-state index contributed by atoms with van der Waals surface area (Å²) >= 11 is 0. The lowest BCUT2D eigenvalue weighted by Crippen LogP contribution is -2.42. The Morgan fingerprint density at radius 1 is 1.32 bits per heavy atom. The van der Waals surface area contributed by atoms with Crippen molar-refractivity contribution in [2.45, 2.75) is 58.8 Å². The van der Waals surface area contributed by atoms with E-state index < -0.39 is 5.67 Å². The number of rotatable bonds is 9. The molecule has 0 saturated carbocycles. The molecule has 2 N–H and O–H groups in total. The van der Waals surface area contributed by atoms with Crippen LogP contribution in [0.3, 0.4) is 0 Å². The SMILES string of the molecule is C=Cc1cc(CNC(=C)C2CCCN(C(=C)NC(C)C)C2)cc(C(C)(C)F)c1. The van der Waals surface area contributed by atoms with Crippen LogP contribution in [0.1, 0.15) is 57.2 Å². The van der Waals surface area contributed by atoms with Gasteiger partial charge in [0.15, 0.2) is 0 Å². The van der Waals surface area contributed by atoms with Crippen LogP contribution in [0.25, 0.3) is 6.08 Å². The van der Waals surface area contributed by atoms with Crippen LogP contribution >= 0.6 is 0 Å². The number of hydrogen-bond acceptors (Lipinski definition) is 3. The number of benzene rings is 1. The zero-order valence-corrected chi connectivity index (χ0v) is 17.9. The molecular weight excluding hydrogens is 349 g/mol. The van der Waals surface area contributed by atoms with Crippen molar-refractivity contribution < 1.29 is 4.39 Å². The van der Waals surface area contributed by atoms with Gasteiger partial charge in [-0.3, -0.25) is 0 Å². The van der Waals surface area contributed by atoms with E-state index in [9.17, 15) is 4.39 Å². The van der Waals surface area contributed by atoms with Crippen LogP contribution in [0.4, 0.5) is 4.39 Å². The average molecular weight is 386 g/mol. The summed E-state index contributed by atoms with van der Waals surface area (Å²) in [5.74, 6) is 1.36. The summed E-state index contributed by atoms with van der Waals surface area (Å²) in [6.07, 6.45) is 4.00. The number of piperidine rings is 1. The Kier molecular flexibility index (Phi) is 7.34. The van der Waals surface area contributed by atoms with E-state index in [4.69, 9.17) is 0 Å². The Morgan fingerprint density at radius 2 is 2.04 bits per heavy atom. The summed E-state index contributed by atoms with van der Waals surface area (Å²) < 4.78 is 14.4. The van der Waals surface area contributed by atoms with Crippen molar-refractivity contribution in [1.82, 2.24) is 15.5 Å². The second-order valence-corrected chi connectivity index (χ2v) is 8.55. The quantitative estimate of drug-likeness (QED) is 0.602. The molecule has 3 nitrogen and oxygen atoms in total. The zero-order valence-electron chi connectivity index (χ0n) is 17.9. The van der Waals surface area contributed by atoms with Gasteiger partial charge in [0, 0.05) is 37.3 Å². The predicted octanol–water partition coefficient (Wildman–Crippen LogP) is 5.32. The van der Waals surface area contributed by atoms with Crippen LogP contribution < -0.4 is 10.6 Å². The number of alkyl halides is 1. The lowest BCUT2D eigenvalue weighted by atomic mass is 9.94. The highest BCUT2D eigenvalue weighted by Gasteiger charge is 2.23. The van der Waals surface area contributed by atoms with Crippen LogP contribution in [0.2, 0.25) is 0 Å². The van der Waals surface area contributed by atoms with Crippen LogP contribution in [0.15, 0.2) is 49.5 Å². The molecule has 1 fully saturated rings.